The number of hydrogen-bond acceptors (Lipinski definition) is 4. The molecule has 0 unspecified atom stereocenters. The molecule has 1 saturated heterocycles. The quantitative estimate of drug-likeness (QED) is 0.742. The van der Waals surface area contributed by atoms with Crippen LogP contribution in [0.2, 0.25) is 0 Å². The van der Waals surface area contributed by atoms with Gasteiger partial charge in [0.05, 0.1) is 11.6 Å². The third-order valence-electron chi connectivity index (χ3n) is 4.35. The maximum atomic E-state index is 9.84. The summed E-state index contributed by atoms with van der Waals surface area (Å²) < 4.78 is 2.11. The van der Waals surface area contributed by atoms with E-state index in [9.17, 15) is 5.11 Å². The molecule has 0 amide bonds. The molecule has 3 aromatic heterocycles. The summed E-state index contributed by atoms with van der Waals surface area (Å²) >= 11 is 0. The highest BCUT2D eigenvalue weighted by Gasteiger charge is 2.20. The van der Waals surface area contributed by atoms with Crippen molar-refractivity contribution in [1.82, 2.24) is 14.5 Å². The van der Waals surface area contributed by atoms with E-state index in [2.05, 4.69) is 20.5 Å². The topological polar surface area (TPSA) is 54.2 Å². The lowest BCUT2D eigenvalue weighted by molar-refractivity contribution is 0.154. The van der Waals surface area contributed by atoms with Crippen molar-refractivity contribution in [1.29, 1.82) is 0 Å². The van der Waals surface area contributed by atoms with Gasteiger partial charge in [-0.1, -0.05) is 0 Å². The van der Waals surface area contributed by atoms with Crippen molar-refractivity contribution in [2.45, 2.75) is 18.9 Å². The van der Waals surface area contributed by atoms with Gasteiger partial charge in [0.1, 0.15) is 11.5 Å². The van der Waals surface area contributed by atoms with Gasteiger partial charge in [0.25, 0.3) is 0 Å². The molecule has 4 rings (SSSR count). The zero-order valence-electron chi connectivity index (χ0n) is 12.0. The van der Waals surface area contributed by atoms with E-state index in [4.69, 9.17) is 4.98 Å². The van der Waals surface area contributed by atoms with E-state index in [-0.39, 0.29) is 6.10 Å². The third-order valence-corrected chi connectivity index (χ3v) is 4.35. The number of aliphatic hydroxyl groups excluding tert-OH is 1. The van der Waals surface area contributed by atoms with Crippen LogP contribution in [0.4, 0.5) is 5.82 Å². The number of pyridine rings is 2. The second-order valence-corrected chi connectivity index (χ2v) is 5.73. The molecular formula is C16H18N4O. The molecule has 21 heavy (non-hydrogen) atoms. The van der Waals surface area contributed by atoms with E-state index < -0.39 is 0 Å². The van der Waals surface area contributed by atoms with Crippen molar-refractivity contribution in [2.75, 3.05) is 18.0 Å². The number of nitrogens with zero attached hydrogens (tertiary/aromatic N) is 4. The largest absolute Gasteiger partial charge is 0.391 e. The number of piperidine rings is 1. The fourth-order valence-corrected chi connectivity index (χ4v) is 3.24. The number of aromatic nitrogens is 3. The minimum atomic E-state index is -0.243. The average molecular weight is 282 g/mol. The molecule has 1 fully saturated rings. The minimum absolute atomic E-state index is 0.243. The smallest absolute Gasteiger partial charge is 0.143 e. The Bertz CT molecular complexity index is 810. The Morgan fingerprint density at radius 1 is 1.24 bits per heavy atom. The molecule has 0 aliphatic carbocycles. The molecular weight excluding hydrogens is 264 g/mol. The standard InChI is InChI=1S/C16H18N4O/c1-19-14-6-7-17-9-13(14)12-4-5-15(18-16(12)19)20-8-2-3-11(21)10-20/h4-7,9,11,21H,2-3,8,10H2,1H3/t11-/m1/s1. The van der Waals surface area contributed by atoms with Crippen molar-refractivity contribution < 1.29 is 5.11 Å². The molecule has 0 spiro atoms. The van der Waals surface area contributed by atoms with Crippen molar-refractivity contribution in [3.63, 3.8) is 0 Å². The Balaban J connectivity index is 1.86. The predicted octanol–water partition coefficient (Wildman–Crippen LogP) is 2.08. The number of anilines is 1. The molecule has 1 aliphatic heterocycles. The van der Waals surface area contributed by atoms with E-state index in [1.54, 1.807) is 0 Å². The van der Waals surface area contributed by atoms with Crippen molar-refractivity contribution in [2.24, 2.45) is 7.05 Å². The maximum absolute atomic E-state index is 9.84. The third kappa shape index (κ3) is 1.96. The number of rotatable bonds is 1. The Morgan fingerprint density at radius 3 is 3.00 bits per heavy atom. The number of fused-ring (bicyclic) bond motifs is 3. The minimum Gasteiger partial charge on any atom is -0.391 e. The summed E-state index contributed by atoms with van der Waals surface area (Å²) in [4.78, 5) is 11.2. The Morgan fingerprint density at radius 2 is 2.14 bits per heavy atom. The molecule has 0 bridgehead atoms. The van der Waals surface area contributed by atoms with Gasteiger partial charge in [-0.15, -0.1) is 0 Å². The number of aryl methyl sites for hydroxylation is 1. The van der Waals surface area contributed by atoms with Crippen LogP contribution in [0.1, 0.15) is 12.8 Å². The highest BCUT2D eigenvalue weighted by molar-refractivity contribution is 6.06. The van der Waals surface area contributed by atoms with Gasteiger partial charge in [0.15, 0.2) is 0 Å². The first-order chi connectivity index (χ1) is 10.2. The zero-order chi connectivity index (χ0) is 14.4. The summed E-state index contributed by atoms with van der Waals surface area (Å²) in [6.07, 6.45) is 5.36. The van der Waals surface area contributed by atoms with E-state index in [0.717, 1.165) is 47.1 Å². The summed E-state index contributed by atoms with van der Waals surface area (Å²) in [7, 11) is 2.03. The summed E-state index contributed by atoms with van der Waals surface area (Å²) in [5.74, 6) is 0.945. The molecule has 5 heteroatoms. The predicted molar refractivity (Wildman–Crippen MR) is 83.5 cm³/mol. The van der Waals surface area contributed by atoms with Gasteiger partial charge in [0, 0.05) is 43.3 Å². The average Bonchev–Trinajstić information content (AvgIpc) is 2.81. The lowest BCUT2D eigenvalue weighted by Crippen LogP contribution is -2.38. The fraction of sp³-hybridized carbons (Fsp3) is 0.375. The Labute approximate surface area is 122 Å². The summed E-state index contributed by atoms with van der Waals surface area (Å²) in [6, 6.07) is 6.18. The number of hydrogen-bond donors (Lipinski definition) is 1. The van der Waals surface area contributed by atoms with Crippen LogP contribution < -0.4 is 4.90 Å². The van der Waals surface area contributed by atoms with Crippen LogP contribution >= 0.6 is 0 Å². The summed E-state index contributed by atoms with van der Waals surface area (Å²) in [5, 5.41) is 12.1. The van der Waals surface area contributed by atoms with Crippen LogP contribution in [-0.2, 0) is 7.05 Å². The Hall–Kier alpha value is -2.14. The van der Waals surface area contributed by atoms with Crippen LogP contribution in [0.5, 0.6) is 0 Å². The van der Waals surface area contributed by atoms with Gasteiger partial charge in [-0.2, -0.15) is 0 Å². The molecule has 0 saturated carbocycles. The first-order valence-corrected chi connectivity index (χ1v) is 7.36. The van der Waals surface area contributed by atoms with Gasteiger partial charge >= 0.3 is 0 Å². The van der Waals surface area contributed by atoms with Gasteiger partial charge in [-0.3, -0.25) is 4.98 Å². The van der Waals surface area contributed by atoms with E-state index in [0.29, 0.717) is 6.54 Å². The lowest BCUT2D eigenvalue weighted by atomic mass is 10.1. The molecule has 1 aliphatic rings. The van der Waals surface area contributed by atoms with Crippen LogP contribution in [0, 0.1) is 0 Å². The second kappa shape index (κ2) is 4.70. The fourth-order valence-electron chi connectivity index (χ4n) is 3.24. The van der Waals surface area contributed by atoms with Crippen LogP contribution in [-0.4, -0.2) is 38.8 Å². The zero-order valence-corrected chi connectivity index (χ0v) is 12.0. The molecule has 108 valence electrons. The normalized spacial score (nSPS) is 19.5. The van der Waals surface area contributed by atoms with Crippen molar-refractivity contribution in [3.8, 4) is 0 Å². The molecule has 1 N–H and O–H groups in total. The molecule has 3 aromatic rings. The first-order valence-electron chi connectivity index (χ1n) is 7.36. The number of aliphatic hydroxyl groups is 1. The van der Waals surface area contributed by atoms with Crippen LogP contribution in [0.15, 0.2) is 30.6 Å². The Kier molecular flexibility index (Phi) is 2.82. The van der Waals surface area contributed by atoms with Gasteiger partial charge < -0.3 is 14.6 Å². The van der Waals surface area contributed by atoms with Gasteiger partial charge in [-0.25, -0.2) is 4.98 Å². The lowest BCUT2D eigenvalue weighted by Gasteiger charge is -2.31. The van der Waals surface area contributed by atoms with Crippen LogP contribution in [0.3, 0.4) is 0 Å². The monoisotopic (exact) mass is 282 g/mol. The first kappa shape index (κ1) is 12.6. The van der Waals surface area contributed by atoms with E-state index >= 15 is 0 Å². The molecule has 0 aromatic carbocycles. The maximum Gasteiger partial charge on any atom is 0.143 e. The SMILES string of the molecule is Cn1c2ccncc2c2ccc(N3CCC[C@@H](O)C3)nc21. The van der Waals surface area contributed by atoms with E-state index in [1.165, 1.54) is 0 Å². The van der Waals surface area contributed by atoms with Crippen molar-refractivity contribution >= 4 is 27.8 Å². The van der Waals surface area contributed by atoms with Gasteiger partial charge in [0.2, 0.25) is 0 Å². The molecule has 4 heterocycles. The van der Waals surface area contributed by atoms with Crippen LogP contribution in [0.25, 0.3) is 21.9 Å². The second-order valence-electron chi connectivity index (χ2n) is 5.73. The summed E-state index contributed by atoms with van der Waals surface area (Å²) in [5.41, 5.74) is 2.11. The number of β-amino-alcohol motifs (C(OH)–C–C–N with tert-alkyl or cyclic N) is 1. The highest BCUT2D eigenvalue weighted by Crippen LogP contribution is 2.28. The summed E-state index contributed by atoms with van der Waals surface area (Å²) in [6.45, 7) is 1.63. The molecule has 1 atom stereocenters. The van der Waals surface area contributed by atoms with Gasteiger partial charge in [-0.05, 0) is 31.0 Å². The molecule has 0 radical (unpaired) electrons. The van der Waals surface area contributed by atoms with Crippen molar-refractivity contribution in [3.05, 3.63) is 30.6 Å². The molecule has 5 nitrogen and oxygen atoms in total. The highest BCUT2D eigenvalue weighted by atomic mass is 16.3. The van der Waals surface area contributed by atoms with E-state index in [1.807, 2.05) is 31.6 Å².